The normalized spacial score (nSPS) is 19.9. The van der Waals surface area contributed by atoms with Gasteiger partial charge in [-0.3, -0.25) is 4.90 Å². The molecule has 162 valence electrons. The molecule has 5 nitrogen and oxygen atoms in total. The van der Waals surface area contributed by atoms with E-state index in [9.17, 15) is 9.59 Å². The van der Waals surface area contributed by atoms with Gasteiger partial charge in [0.05, 0.1) is 0 Å². The van der Waals surface area contributed by atoms with Crippen molar-refractivity contribution in [1.29, 1.82) is 0 Å². The van der Waals surface area contributed by atoms with E-state index in [1.54, 1.807) is 6.08 Å². The number of hydrogen-bond acceptors (Lipinski definition) is 4. The fraction of sp³-hybridized carbons (Fsp3) is 0.185. The molecule has 4 rings (SSSR count). The molecule has 3 aromatic carbocycles. The maximum atomic E-state index is 13.5. The molecule has 1 saturated heterocycles. The van der Waals surface area contributed by atoms with E-state index >= 15 is 0 Å². The first-order valence-electron chi connectivity index (χ1n) is 10.5. The third kappa shape index (κ3) is 4.28. The van der Waals surface area contributed by atoms with Crippen LogP contribution in [0.2, 0.25) is 0 Å². The van der Waals surface area contributed by atoms with Gasteiger partial charge in [0.15, 0.2) is 5.54 Å². The minimum Gasteiger partial charge on any atom is -0.444 e. The fourth-order valence-corrected chi connectivity index (χ4v) is 4.06. The summed E-state index contributed by atoms with van der Waals surface area (Å²) in [6, 6.07) is 28.3. The van der Waals surface area contributed by atoms with Crippen LogP contribution in [0.3, 0.4) is 0 Å². The van der Waals surface area contributed by atoms with Crippen LogP contribution >= 0.6 is 0 Å². The molecule has 3 aromatic rings. The number of ether oxygens (including phenoxy) is 2. The van der Waals surface area contributed by atoms with E-state index < -0.39 is 23.8 Å². The van der Waals surface area contributed by atoms with Gasteiger partial charge in [-0.15, -0.1) is 6.58 Å². The highest BCUT2D eigenvalue weighted by atomic mass is 16.6. The van der Waals surface area contributed by atoms with Crippen LogP contribution in [0.15, 0.2) is 104 Å². The molecule has 1 aliphatic heterocycles. The number of benzene rings is 3. The molecule has 0 bridgehead atoms. The van der Waals surface area contributed by atoms with Crippen molar-refractivity contribution in [3.05, 3.63) is 120 Å². The first-order valence-corrected chi connectivity index (χ1v) is 10.5. The van der Waals surface area contributed by atoms with Crippen LogP contribution in [-0.2, 0) is 27.3 Å². The monoisotopic (exact) mass is 427 g/mol. The zero-order valence-corrected chi connectivity index (χ0v) is 17.7. The highest BCUT2D eigenvalue weighted by Crippen LogP contribution is 2.43. The predicted molar refractivity (Wildman–Crippen MR) is 121 cm³/mol. The van der Waals surface area contributed by atoms with Crippen LogP contribution in [0.25, 0.3) is 0 Å². The third-order valence-electron chi connectivity index (χ3n) is 5.60. The third-order valence-corrected chi connectivity index (χ3v) is 5.60. The molecular weight excluding hydrogens is 402 g/mol. The van der Waals surface area contributed by atoms with E-state index in [1.165, 1.54) is 4.90 Å². The Hall–Kier alpha value is -3.86. The molecule has 0 spiro atoms. The molecule has 5 heteroatoms. The maximum Gasteiger partial charge on any atom is 0.414 e. The number of carbonyl (C=O) groups excluding carboxylic acids is 2. The second-order valence-corrected chi connectivity index (χ2v) is 7.77. The van der Waals surface area contributed by atoms with Crippen LogP contribution in [0, 0.1) is 0 Å². The quantitative estimate of drug-likeness (QED) is 0.372. The topological polar surface area (TPSA) is 55.8 Å². The molecule has 0 N–H and O–H groups in total. The minimum absolute atomic E-state index is 0.0986. The summed E-state index contributed by atoms with van der Waals surface area (Å²) < 4.78 is 11.5. The van der Waals surface area contributed by atoms with Gasteiger partial charge in [-0.2, -0.15) is 0 Å². The molecule has 2 atom stereocenters. The lowest BCUT2D eigenvalue weighted by atomic mass is 9.86. The Morgan fingerprint density at radius 2 is 1.50 bits per heavy atom. The van der Waals surface area contributed by atoms with Crippen LogP contribution < -0.4 is 0 Å². The standard InChI is InChI=1S/C27H25NO4/c1-2-18-27(19-21-12-6-3-7-13-21)25(29)32-24(23-16-10-5-11-17-23)28(27)26(30)31-20-22-14-8-4-9-15-22/h2-17,24H,1,18-20H2/t24-,27-/m0/s1. The number of esters is 1. The summed E-state index contributed by atoms with van der Waals surface area (Å²) in [5.41, 5.74) is 1.23. The molecule has 0 aliphatic carbocycles. The lowest BCUT2D eigenvalue weighted by molar-refractivity contribution is -0.145. The smallest absolute Gasteiger partial charge is 0.414 e. The van der Waals surface area contributed by atoms with Gasteiger partial charge in [-0.1, -0.05) is 97.1 Å². The minimum atomic E-state index is -1.25. The van der Waals surface area contributed by atoms with Gasteiger partial charge in [0.25, 0.3) is 0 Å². The summed E-state index contributed by atoms with van der Waals surface area (Å²) in [5.74, 6) is -0.466. The number of carbonyl (C=O) groups is 2. The Balaban J connectivity index is 1.72. The SMILES string of the molecule is C=CC[C@]1(Cc2ccccc2)C(=O)O[C@@H](c2ccccc2)N1C(=O)OCc1ccccc1. The Bertz CT molecular complexity index is 1070. The van der Waals surface area contributed by atoms with E-state index in [2.05, 4.69) is 6.58 Å². The van der Waals surface area contributed by atoms with E-state index in [0.717, 1.165) is 11.1 Å². The Morgan fingerprint density at radius 1 is 0.938 bits per heavy atom. The lowest BCUT2D eigenvalue weighted by Gasteiger charge is -2.35. The van der Waals surface area contributed by atoms with Gasteiger partial charge in [-0.25, -0.2) is 9.59 Å². The van der Waals surface area contributed by atoms with Crippen LogP contribution in [0.1, 0.15) is 29.3 Å². The van der Waals surface area contributed by atoms with Gasteiger partial charge >= 0.3 is 12.1 Å². The first kappa shape index (κ1) is 21.4. The second-order valence-electron chi connectivity index (χ2n) is 7.77. The van der Waals surface area contributed by atoms with E-state index in [4.69, 9.17) is 9.47 Å². The number of amides is 1. The molecule has 1 fully saturated rings. The predicted octanol–water partition coefficient (Wildman–Crippen LogP) is 5.44. The van der Waals surface area contributed by atoms with E-state index in [-0.39, 0.29) is 13.0 Å². The average molecular weight is 428 g/mol. The van der Waals surface area contributed by atoms with Crippen molar-refractivity contribution in [3.8, 4) is 0 Å². The van der Waals surface area contributed by atoms with Gasteiger partial charge < -0.3 is 9.47 Å². The lowest BCUT2D eigenvalue weighted by Crippen LogP contribution is -2.53. The molecule has 0 radical (unpaired) electrons. The molecule has 1 aliphatic rings. The summed E-state index contributed by atoms with van der Waals surface area (Å²) in [5, 5.41) is 0. The molecule has 1 amide bonds. The molecule has 32 heavy (non-hydrogen) atoms. The zero-order valence-electron chi connectivity index (χ0n) is 17.7. The van der Waals surface area contributed by atoms with Crippen molar-refractivity contribution in [2.75, 3.05) is 0 Å². The van der Waals surface area contributed by atoms with Crippen molar-refractivity contribution in [2.45, 2.75) is 31.2 Å². The van der Waals surface area contributed by atoms with Gasteiger partial charge in [0.1, 0.15) is 6.61 Å². The van der Waals surface area contributed by atoms with Gasteiger partial charge in [0.2, 0.25) is 6.23 Å². The van der Waals surface area contributed by atoms with E-state index in [1.807, 2.05) is 91.0 Å². The van der Waals surface area contributed by atoms with Crippen LogP contribution in [0.5, 0.6) is 0 Å². The summed E-state index contributed by atoms with van der Waals surface area (Å²) >= 11 is 0. The van der Waals surface area contributed by atoms with Crippen molar-refractivity contribution in [2.24, 2.45) is 0 Å². The zero-order chi connectivity index (χ0) is 22.4. The number of hydrogen-bond donors (Lipinski definition) is 0. The Labute approximate surface area is 187 Å². The van der Waals surface area contributed by atoms with Gasteiger partial charge in [0, 0.05) is 12.0 Å². The van der Waals surface area contributed by atoms with E-state index in [0.29, 0.717) is 12.0 Å². The number of nitrogens with zero attached hydrogens (tertiary/aromatic N) is 1. The van der Waals surface area contributed by atoms with Gasteiger partial charge in [-0.05, 0) is 17.5 Å². The number of rotatable bonds is 7. The van der Waals surface area contributed by atoms with Crippen molar-refractivity contribution < 1.29 is 19.1 Å². The van der Waals surface area contributed by atoms with Crippen molar-refractivity contribution in [3.63, 3.8) is 0 Å². The van der Waals surface area contributed by atoms with Crippen molar-refractivity contribution in [1.82, 2.24) is 4.90 Å². The molecule has 0 aromatic heterocycles. The van der Waals surface area contributed by atoms with Crippen LogP contribution in [-0.4, -0.2) is 22.5 Å². The molecule has 0 saturated carbocycles. The second kappa shape index (κ2) is 9.52. The fourth-order valence-electron chi connectivity index (χ4n) is 4.06. The Kier molecular flexibility index (Phi) is 6.36. The molecular formula is C27H25NO4. The highest BCUT2D eigenvalue weighted by molar-refractivity contribution is 5.89. The summed E-state index contributed by atoms with van der Waals surface area (Å²) in [6.07, 6.45) is 0.698. The molecule has 0 unspecified atom stereocenters. The first-order chi connectivity index (χ1) is 15.6. The maximum absolute atomic E-state index is 13.5. The average Bonchev–Trinajstić information content (AvgIpc) is 3.11. The summed E-state index contributed by atoms with van der Waals surface area (Å²) in [4.78, 5) is 28.3. The van der Waals surface area contributed by atoms with Crippen LogP contribution in [0.4, 0.5) is 4.79 Å². The molecule has 1 heterocycles. The number of cyclic esters (lactones) is 1. The Morgan fingerprint density at radius 3 is 2.09 bits per heavy atom. The summed E-state index contributed by atoms with van der Waals surface area (Å²) in [6.45, 7) is 3.94. The summed E-state index contributed by atoms with van der Waals surface area (Å²) in [7, 11) is 0. The largest absolute Gasteiger partial charge is 0.444 e. The highest BCUT2D eigenvalue weighted by Gasteiger charge is 2.58. The van der Waals surface area contributed by atoms with Crippen molar-refractivity contribution >= 4 is 12.1 Å².